The van der Waals surface area contributed by atoms with E-state index in [0.29, 0.717) is 21.8 Å². The highest BCUT2D eigenvalue weighted by atomic mass is 16.7. The van der Waals surface area contributed by atoms with Crippen molar-refractivity contribution in [1.82, 2.24) is 19.0 Å². The molecule has 5 atom stereocenters. The number of rotatable bonds is 8. The normalized spacial score (nSPS) is 21.4. The number of ether oxygens (including phenoxy) is 6. The van der Waals surface area contributed by atoms with E-state index in [9.17, 15) is 33.6 Å². The van der Waals surface area contributed by atoms with Crippen molar-refractivity contribution < 1.29 is 62.0 Å². The first-order valence-electron chi connectivity index (χ1n) is 17.5. The zero-order valence-electron chi connectivity index (χ0n) is 31.9. The van der Waals surface area contributed by atoms with Crippen molar-refractivity contribution in [1.29, 1.82) is 0 Å². The van der Waals surface area contributed by atoms with Crippen LogP contribution in [0.3, 0.4) is 0 Å². The Labute approximate surface area is 320 Å². The predicted molar refractivity (Wildman–Crippen MR) is 195 cm³/mol. The quantitative estimate of drug-likeness (QED) is 0.142. The summed E-state index contributed by atoms with van der Waals surface area (Å²) in [6.07, 6.45) is -1.81. The number of nitrogens with zero attached hydrogens (tertiary/aromatic N) is 4. The summed E-state index contributed by atoms with van der Waals surface area (Å²) < 4.78 is 37.0. The van der Waals surface area contributed by atoms with Gasteiger partial charge in [-0.15, -0.1) is 0 Å². The van der Waals surface area contributed by atoms with Gasteiger partial charge in [0.05, 0.1) is 22.2 Å². The molecule has 6 rings (SSSR count). The predicted octanol–water partition coefficient (Wildman–Crippen LogP) is 3.94. The molecule has 0 spiro atoms. The smallest absolute Gasteiger partial charge is 0.419 e. The maximum Gasteiger partial charge on any atom is 0.419 e. The summed E-state index contributed by atoms with van der Waals surface area (Å²) in [5.74, 6) is -4.39. The van der Waals surface area contributed by atoms with Crippen molar-refractivity contribution in [3.63, 3.8) is 0 Å². The average molecular weight is 773 g/mol. The number of hydrogen-bond donors (Lipinski definition) is 0. The molecule has 1 fully saturated rings. The fraction of sp³-hybridized carbons (Fsp3) is 0.385. The summed E-state index contributed by atoms with van der Waals surface area (Å²) >= 11 is 0. The molecule has 4 aromatic rings. The van der Waals surface area contributed by atoms with Gasteiger partial charge in [-0.3, -0.25) is 43.2 Å². The van der Waals surface area contributed by atoms with Crippen LogP contribution in [0.15, 0.2) is 55.1 Å². The number of likely N-dealkylation sites (N-methyl/N-ethyl adjacent to an activating group) is 1. The maximum atomic E-state index is 14.2. The Morgan fingerprint density at radius 3 is 1.95 bits per heavy atom. The number of para-hydroxylation sites is 1. The van der Waals surface area contributed by atoms with E-state index in [1.165, 1.54) is 41.0 Å². The van der Waals surface area contributed by atoms with Gasteiger partial charge in [-0.25, -0.2) is 4.79 Å². The molecule has 17 nitrogen and oxygen atoms in total. The number of amides is 2. The van der Waals surface area contributed by atoms with Gasteiger partial charge in [0, 0.05) is 81.4 Å². The number of hydrogen-bond acceptors (Lipinski definition) is 14. The zero-order valence-corrected chi connectivity index (χ0v) is 31.9. The van der Waals surface area contributed by atoms with Crippen LogP contribution in [0.1, 0.15) is 65.8 Å². The number of carbonyl (C=O) groups excluding carboxylic acids is 7. The summed E-state index contributed by atoms with van der Waals surface area (Å²) in [6, 6.07) is 8.45. The molecular formula is C39H40N4O13. The molecule has 3 aromatic heterocycles. The number of fused-ring (bicyclic) bond motifs is 2. The molecule has 294 valence electrons. The fourth-order valence-electron chi connectivity index (χ4n) is 6.92. The third-order valence-electron chi connectivity index (χ3n) is 9.00. The number of imide groups is 1. The first-order chi connectivity index (χ1) is 26.4. The minimum Gasteiger partial charge on any atom is -0.463 e. The van der Waals surface area contributed by atoms with E-state index in [0.717, 1.165) is 32.6 Å². The topological polar surface area (TPSA) is 201 Å². The molecule has 1 saturated heterocycles. The van der Waals surface area contributed by atoms with E-state index < -0.39 is 84.6 Å². The van der Waals surface area contributed by atoms with Crippen LogP contribution in [-0.4, -0.2) is 104 Å². The van der Waals surface area contributed by atoms with E-state index >= 15 is 0 Å². The minimum atomic E-state index is -1.48. The SMILES string of the molecule is CC(=O)OC[C@H]1O[C@@H](n2cc(C3=C(c4cn(C(=O)OC(C)(C)C)c5ccccc45)C(=O)N(C)C3=O)c3cnccc32)[C@H](OC(C)=O)[C@@H](OC(C)=O)[C@@H]1OC(C)=O. The highest BCUT2D eigenvalue weighted by Crippen LogP contribution is 2.44. The second kappa shape index (κ2) is 15.1. The molecule has 0 aliphatic carbocycles. The molecule has 0 radical (unpaired) electrons. The molecule has 5 heterocycles. The first-order valence-corrected chi connectivity index (χ1v) is 17.5. The molecular weight excluding hydrogens is 732 g/mol. The van der Waals surface area contributed by atoms with Crippen molar-refractivity contribution in [2.75, 3.05) is 13.7 Å². The van der Waals surface area contributed by atoms with Crippen LogP contribution in [-0.2, 0) is 57.2 Å². The van der Waals surface area contributed by atoms with Crippen LogP contribution in [0.25, 0.3) is 33.0 Å². The number of aromatic nitrogens is 3. The van der Waals surface area contributed by atoms with Crippen LogP contribution in [0.2, 0.25) is 0 Å². The Morgan fingerprint density at radius 1 is 0.750 bits per heavy atom. The summed E-state index contributed by atoms with van der Waals surface area (Å²) in [5.41, 5.74) is 0.408. The number of esters is 4. The highest BCUT2D eigenvalue weighted by Gasteiger charge is 2.53. The summed E-state index contributed by atoms with van der Waals surface area (Å²) in [5, 5.41) is 0.851. The van der Waals surface area contributed by atoms with Gasteiger partial charge in [0.25, 0.3) is 11.8 Å². The van der Waals surface area contributed by atoms with Crippen LogP contribution in [0.4, 0.5) is 4.79 Å². The Kier molecular flexibility index (Phi) is 10.6. The molecule has 56 heavy (non-hydrogen) atoms. The van der Waals surface area contributed by atoms with Crippen LogP contribution in [0, 0.1) is 0 Å². The Hall–Kier alpha value is -6.36. The van der Waals surface area contributed by atoms with Crippen LogP contribution >= 0.6 is 0 Å². The van der Waals surface area contributed by atoms with Crippen LogP contribution in [0.5, 0.6) is 0 Å². The monoisotopic (exact) mass is 772 g/mol. The van der Waals surface area contributed by atoms with Gasteiger partial charge < -0.3 is 33.0 Å². The number of benzene rings is 1. The molecule has 0 unspecified atom stereocenters. The minimum absolute atomic E-state index is 0.0135. The lowest BCUT2D eigenvalue weighted by atomic mass is 9.96. The first kappa shape index (κ1) is 39.3. The molecule has 0 bridgehead atoms. The maximum absolute atomic E-state index is 14.2. The molecule has 0 saturated carbocycles. The van der Waals surface area contributed by atoms with Crippen LogP contribution < -0.4 is 0 Å². The van der Waals surface area contributed by atoms with Crippen molar-refractivity contribution in [3.8, 4) is 0 Å². The van der Waals surface area contributed by atoms with E-state index in [2.05, 4.69) is 4.98 Å². The highest BCUT2D eigenvalue weighted by molar-refractivity contribution is 6.50. The van der Waals surface area contributed by atoms with Crippen molar-refractivity contribution in [3.05, 3.63) is 66.2 Å². The van der Waals surface area contributed by atoms with Gasteiger partial charge in [0.2, 0.25) is 0 Å². The van der Waals surface area contributed by atoms with Gasteiger partial charge in [0.1, 0.15) is 18.3 Å². The second-order valence-electron chi connectivity index (χ2n) is 14.3. The zero-order chi connectivity index (χ0) is 40.8. The fourth-order valence-corrected chi connectivity index (χ4v) is 6.92. The molecule has 17 heteroatoms. The van der Waals surface area contributed by atoms with Gasteiger partial charge in [0.15, 0.2) is 24.5 Å². The lowest BCUT2D eigenvalue weighted by Crippen LogP contribution is -2.60. The largest absolute Gasteiger partial charge is 0.463 e. The Balaban J connectivity index is 1.59. The molecule has 0 N–H and O–H groups in total. The van der Waals surface area contributed by atoms with Crippen molar-refractivity contribution in [2.24, 2.45) is 0 Å². The lowest BCUT2D eigenvalue weighted by molar-refractivity contribution is -0.267. The van der Waals surface area contributed by atoms with E-state index in [1.807, 2.05) is 0 Å². The summed E-state index contributed by atoms with van der Waals surface area (Å²) in [7, 11) is 1.33. The number of carbonyl (C=O) groups is 7. The van der Waals surface area contributed by atoms with E-state index in [1.54, 1.807) is 51.1 Å². The standard InChI is InChI=1S/C39H40N4O13/c1-19(44)51-18-29-32(52-20(2)45)33(53-21(3)46)34(54-22(4)47)37(55-29)42-16-26(24-15-40-14-13-28(24)42)31-30(35(48)41(8)36(31)49)25-17-43(38(50)56-39(5,6)7)27-12-10-9-11-23(25)27/h9-17,29,32-34,37H,18H2,1-8H3/t29-,32-,33+,34-,37-/m1/s1. The molecule has 2 amide bonds. The average Bonchev–Trinajstić information content (AvgIpc) is 3.74. The van der Waals surface area contributed by atoms with Gasteiger partial charge in [-0.05, 0) is 32.9 Å². The van der Waals surface area contributed by atoms with E-state index in [4.69, 9.17) is 28.4 Å². The third-order valence-corrected chi connectivity index (χ3v) is 9.00. The van der Waals surface area contributed by atoms with Crippen molar-refractivity contribution in [2.45, 2.75) is 84.7 Å². The van der Waals surface area contributed by atoms with Gasteiger partial charge >= 0.3 is 30.0 Å². The van der Waals surface area contributed by atoms with E-state index in [-0.39, 0.29) is 22.3 Å². The Bertz CT molecular complexity index is 2330. The molecule has 2 aliphatic heterocycles. The number of pyridine rings is 1. The molecule has 2 aliphatic rings. The summed E-state index contributed by atoms with van der Waals surface area (Å²) in [4.78, 5) is 96.3. The summed E-state index contributed by atoms with van der Waals surface area (Å²) in [6.45, 7) is 9.23. The van der Waals surface area contributed by atoms with Gasteiger partial charge in [-0.2, -0.15) is 0 Å². The second-order valence-corrected chi connectivity index (χ2v) is 14.3. The van der Waals surface area contributed by atoms with Crippen molar-refractivity contribution >= 4 is 74.7 Å². The van der Waals surface area contributed by atoms with Gasteiger partial charge in [-0.1, -0.05) is 18.2 Å². The lowest BCUT2D eigenvalue weighted by Gasteiger charge is -2.44. The third kappa shape index (κ3) is 7.49. The molecule has 1 aromatic carbocycles. The Morgan fingerprint density at radius 2 is 1.34 bits per heavy atom.